The van der Waals surface area contributed by atoms with Crippen molar-refractivity contribution < 1.29 is 8.42 Å². The molecule has 0 aliphatic heterocycles. The molecule has 15 heavy (non-hydrogen) atoms. The van der Waals surface area contributed by atoms with Crippen molar-refractivity contribution in [2.24, 2.45) is 0 Å². The molecule has 0 amide bonds. The van der Waals surface area contributed by atoms with Gasteiger partial charge in [0.15, 0.2) is 0 Å². The molecule has 7 heteroatoms. The second kappa shape index (κ2) is 6.16. The van der Waals surface area contributed by atoms with Crippen LogP contribution in [0.4, 0.5) is 0 Å². The summed E-state index contributed by atoms with van der Waals surface area (Å²) < 4.78 is 25.2. The van der Waals surface area contributed by atoms with Crippen LogP contribution < -0.4 is 10.0 Å². The normalized spacial score (nSPS) is 11.8. The molecule has 1 aromatic heterocycles. The summed E-state index contributed by atoms with van der Waals surface area (Å²) >= 11 is 1.51. The van der Waals surface area contributed by atoms with Gasteiger partial charge in [-0.25, -0.2) is 18.1 Å². The highest BCUT2D eigenvalue weighted by molar-refractivity contribution is 7.89. The molecule has 0 spiro atoms. The van der Waals surface area contributed by atoms with Crippen molar-refractivity contribution in [2.45, 2.75) is 6.42 Å². The molecule has 0 aromatic carbocycles. The van der Waals surface area contributed by atoms with Gasteiger partial charge in [0, 0.05) is 24.9 Å². The number of sulfonamides is 1. The molecule has 2 N–H and O–H groups in total. The topological polar surface area (TPSA) is 71.1 Å². The van der Waals surface area contributed by atoms with Gasteiger partial charge in [-0.15, -0.1) is 11.3 Å². The van der Waals surface area contributed by atoms with E-state index in [2.05, 4.69) is 15.0 Å². The predicted molar refractivity (Wildman–Crippen MR) is 61.5 cm³/mol. The maximum atomic E-state index is 11.3. The van der Waals surface area contributed by atoms with Gasteiger partial charge in [0.1, 0.15) is 0 Å². The lowest BCUT2D eigenvalue weighted by atomic mass is 10.3. The van der Waals surface area contributed by atoms with Crippen molar-refractivity contribution >= 4 is 21.4 Å². The highest BCUT2D eigenvalue weighted by atomic mass is 32.2. The Morgan fingerprint density at radius 2 is 2.27 bits per heavy atom. The number of aromatic nitrogens is 1. The van der Waals surface area contributed by atoms with E-state index in [4.69, 9.17) is 0 Å². The fraction of sp³-hybridized carbons (Fsp3) is 0.625. The highest BCUT2D eigenvalue weighted by Gasteiger charge is 2.08. The zero-order valence-corrected chi connectivity index (χ0v) is 10.2. The highest BCUT2D eigenvalue weighted by Crippen LogP contribution is 2.00. The third-order valence-corrected chi connectivity index (χ3v) is 3.83. The summed E-state index contributed by atoms with van der Waals surface area (Å²) in [6, 6.07) is 0. The number of hydrogen-bond donors (Lipinski definition) is 2. The summed E-state index contributed by atoms with van der Waals surface area (Å²) in [4.78, 5) is 4.07. The Kier molecular flexibility index (Phi) is 5.16. The van der Waals surface area contributed by atoms with E-state index in [9.17, 15) is 8.42 Å². The SMILES string of the molecule is CNCCS(=O)(=O)NCCc1cscn1. The largest absolute Gasteiger partial charge is 0.319 e. The molecule has 5 nitrogen and oxygen atoms in total. The van der Waals surface area contributed by atoms with Crippen LogP contribution >= 0.6 is 11.3 Å². The average Bonchev–Trinajstić information content (AvgIpc) is 2.67. The fourth-order valence-corrected chi connectivity index (χ4v) is 2.63. The van der Waals surface area contributed by atoms with E-state index >= 15 is 0 Å². The molecule has 86 valence electrons. The zero-order valence-electron chi connectivity index (χ0n) is 8.56. The average molecular weight is 249 g/mol. The summed E-state index contributed by atoms with van der Waals surface area (Å²) in [5.74, 6) is 0.112. The third-order valence-electron chi connectivity index (χ3n) is 1.81. The van der Waals surface area contributed by atoms with Gasteiger partial charge in [0.2, 0.25) is 10.0 Å². The van der Waals surface area contributed by atoms with E-state index in [1.54, 1.807) is 12.6 Å². The van der Waals surface area contributed by atoms with E-state index < -0.39 is 10.0 Å². The van der Waals surface area contributed by atoms with Crippen LogP contribution in [0, 0.1) is 0 Å². The number of hydrogen-bond acceptors (Lipinski definition) is 5. The van der Waals surface area contributed by atoms with Crippen molar-refractivity contribution in [2.75, 3.05) is 25.9 Å². The Bertz CT molecular complexity index is 361. The minimum absolute atomic E-state index is 0.112. The van der Waals surface area contributed by atoms with E-state index in [0.29, 0.717) is 19.5 Å². The molecule has 0 atom stereocenters. The van der Waals surface area contributed by atoms with Crippen molar-refractivity contribution in [3.63, 3.8) is 0 Å². The standard InChI is InChI=1S/C8H15N3O2S2/c1-9-4-5-15(12,13)11-3-2-8-6-14-7-10-8/h6-7,9,11H,2-5H2,1H3. The predicted octanol–water partition coefficient (Wildman–Crippen LogP) is -0.176. The Labute approximate surface area is 94.0 Å². The molecule has 0 saturated heterocycles. The van der Waals surface area contributed by atoms with Gasteiger partial charge in [0.05, 0.1) is 17.0 Å². The number of nitrogens with zero attached hydrogens (tertiary/aromatic N) is 1. The van der Waals surface area contributed by atoms with Gasteiger partial charge >= 0.3 is 0 Å². The molecule has 0 saturated carbocycles. The van der Waals surface area contributed by atoms with Gasteiger partial charge in [-0.05, 0) is 7.05 Å². The first-order valence-electron chi connectivity index (χ1n) is 4.63. The molecular formula is C8H15N3O2S2. The first kappa shape index (κ1) is 12.6. The fourth-order valence-electron chi connectivity index (χ4n) is 1.00. The molecule has 1 rings (SSSR count). The van der Waals surface area contributed by atoms with Crippen LogP contribution in [0.5, 0.6) is 0 Å². The van der Waals surface area contributed by atoms with Crippen molar-refractivity contribution in [3.05, 3.63) is 16.6 Å². The van der Waals surface area contributed by atoms with Gasteiger partial charge < -0.3 is 5.32 Å². The first-order valence-corrected chi connectivity index (χ1v) is 7.22. The number of rotatable bonds is 7. The maximum Gasteiger partial charge on any atom is 0.212 e. The second-order valence-corrected chi connectivity index (χ2v) is 5.69. The molecule has 0 aliphatic rings. The monoisotopic (exact) mass is 249 g/mol. The van der Waals surface area contributed by atoms with Crippen LogP contribution in [-0.2, 0) is 16.4 Å². The lowest BCUT2D eigenvalue weighted by molar-refractivity contribution is 0.579. The van der Waals surface area contributed by atoms with Crippen LogP contribution in [0.25, 0.3) is 0 Å². The molecule has 0 aliphatic carbocycles. The molecule has 0 unspecified atom stereocenters. The third kappa shape index (κ3) is 5.22. The molecular weight excluding hydrogens is 234 g/mol. The molecule has 1 aromatic rings. The summed E-state index contributed by atoms with van der Waals surface area (Å²) in [7, 11) is -1.41. The zero-order chi connectivity index (χ0) is 11.1. The van der Waals surface area contributed by atoms with Gasteiger partial charge in [-0.2, -0.15) is 0 Å². The van der Waals surface area contributed by atoms with E-state index in [-0.39, 0.29) is 5.75 Å². The summed E-state index contributed by atoms with van der Waals surface area (Å²) in [6.07, 6.45) is 0.641. The Hall–Kier alpha value is -0.500. The maximum absolute atomic E-state index is 11.3. The van der Waals surface area contributed by atoms with Crippen LogP contribution in [0.3, 0.4) is 0 Å². The van der Waals surface area contributed by atoms with Crippen LogP contribution in [0.1, 0.15) is 5.69 Å². The minimum Gasteiger partial charge on any atom is -0.319 e. The van der Waals surface area contributed by atoms with Crippen molar-refractivity contribution in [1.82, 2.24) is 15.0 Å². The summed E-state index contributed by atoms with van der Waals surface area (Å²) in [5, 5.41) is 4.72. The van der Waals surface area contributed by atoms with E-state index in [0.717, 1.165) is 5.69 Å². The van der Waals surface area contributed by atoms with Crippen LogP contribution in [-0.4, -0.2) is 39.3 Å². The number of nitrogens with one attached hydrogen (secondary N) is 2. The van der Waals surface area contributed by atoms with E-state index in [1.807, 2.05) is 5.38 Å². The van der Waals surface area contributed by atoms with Gasteiger partial charge in [0.25, 0.3) is 0 Å². The van der Waals surface area contributed by atoms with Crippen LogP contribution in [0.2, 0.25) is 0 Å². The summed E-state index contributed by atoms with van der Waals surface area (Å²) in [6.45, 7) is 0.877. The summed E-state index contributed by atoms with van der Waals surface area (Å²) in [5.41, 5.74) is 2.67. The van der Waals surface area contributed by atoms with Gasteiger partial charge in [-0.3, -0.25) is 0 Å². The number of thiazole rings is 1. The van der Waals surface area contributed by atoms with Crippen LogP contribution in [0.15, 0.2) is 10.9 Å². The Morgan fingerprint density at radius 1 is 1.47 bits per heavy atom. The van der Waals surface area contributed by atoms with Crippen molar-refractivity contribution in [1.29, 1.82) is 0 Å². The molecule has 1 heterocycles. The van der Waals surface area contributed by atoms with Crippen molar-refractivity contribution in [3.8, 4) is 0 Å². The smallest absolute Gasteiger partial charge is 0.212 e. The Balaban J connectivity index is 2.24. The molecule has 0 radical (unpaired) electrons. The molecule has 0 fully saturated rings. The first-order chi connectivity index (χ1) is 7.14. The molecule has 0 bridgehead atoms. The van der Waals surface area contributed by atoms with Gasteiger partial charge in [-0.1, -0.05) is 0 Å². The van der Waals surface area contributed by atoms with E-state index in [1.165, 1.54) is 11.3 Å². The minimum atomic E-state index is -3.13. The quantitative estimate of drug-likeness (QED) is 0.703. The second-order valence-electron chi connectivity index (χ2n) is 3.05. The Morgan fingerprint density at radius 3 is 2.87 bits per heavy atom. The lowest BCUT2D eigenvalue weighted by Gasteiger charge is -2.04. The lowest BCUT2D eigenvalue weighted by Crippen LogP contribution is -2.32.